The van der Waals surface area contributed by atoms with Gasteiger partial charge in [0.2, 0.25) is 0 Å². The maximum atomic E-state index is 13.5. The molecule has 0 fully saturated rings. The average molecular weight is 302 g/mol. The molecule has 0 unspecified atom stereocenters. The Kier molecular flexibility index (Phi) is 5.29. The second-order valence-corrected chi connectivity index (χ2v) is 4.13. The van der Waals surface area contributed by atoms with Gasteiger partial charge in [-0.1, -0.05) is 33.8 Å². The molecule has 0 spiro atoms. The molecule has 1 aromatic carbocycles. The summed E-state index contributed by atoms with van der Waals surface area (Å²) in [5.41, 5.74) is 1.06. The predicted molar refractivity (Wildman–Crippen MR) is 68.4 cm³/mol. The van der Waals surface area contributed by atoms with Crippen LogP contribution in [0.25, 0.3) is 0 Å². The van der Waals surface area contributed by atoms with Gasteiger partial charge in [-0.25, -0.2) is 9.38 Å². The molecule has 1 aromatic rings. The molecular formula is C10H9BrFN3S. The molecule has 16 heavy (non-hydrogen) atoms. The number of nitrogens with one attached hydrogen (secondary N) is 1. The van der Waals surface area contributed by atoms with Crippen molar-refractivity contribution in [3.05, 3.63) is 29.6 Å². The van der Waals surface area contributed by atoms with Crippen molar-refractivity contribution in [1.29, 1.82) is 5.26 Å². The van der Waals surface area contributed by atoms with Crippen LogP contribution in [0.3, 0.4) is 0 Å². The third-order valence-electron chi connectivity index (χ3n) is 1.74. The summed E-state index contributed by atoms with van der Waals surface area (Å²) < 4.78 is 13.5. The number of rotatable bonds is 2. The van der Waals surface area contributed by atoms with Crippen molar-refractivity contribution >= 4 is 38.5 Å². The highest BCUT2D eigenvalue weighted by atomic mass is 79.9. The summed E-state index contributed by atoms with van der Waals surface area (Å²) in [6, 6.07) is 4.78. The quantitative estimate of drug-likeness (QED) is 0.300. The standard InChI is InChI=1S/C10H9BrFN3S/c1-16-10(14-6-13)15-9-3-2-7(5-11)4-8(9)12/h2-4H,5H2,1H3,(H,14,15). The lowest BCUT2D eigenvalue weighted by Crippen LogP contribution is -2.12. The molecule has 3 nitrogen and oxygen atoms in total. The molecule has 0 heterocycles. The smallest absolute Gasteiger partial charge is 0.183 e. The number of benzene rings is 1. The van der Waals surface area contributed by atoms with Crippen LogP contribution in [-0.2, 0) is 5.33 Å². The molecular weight excluding hydrogens is 293 g/mol. The minimum Gasteiger partial charge on any atom is -0.271 e. The zero-order valence-electron chi connectivity index (χ0n) is 8.50. The van der Waals surface area contributed by atoms with Crippen LogP contribution < -0.4 is 5.32 Å². The first kappa shape index (κ1) is 13.0. The van der Waals surface area contributed by atoms with Gasteiger partial charge in [0, 0.05) is 5.33 Å². The van der Waals surface area contributed by atoms with Crippen molar-refractivity contribution in [1.82, 2.24) is 5.32 Å². The van der Waals surface area contributed by atoms with Crippen molar-refractivity contribution < 1.29 is 4.39 Å². The van der Waals surface area contributed by atoms with Crippen LogP contribution in [0.4, 0.5) is 10.1 Å². The van der Waals surface area contributed by atoms with Crippen molar-refractivity contribution in [2.24, 2.45) is 4.99 Å². The van der Waals surface area contributed by atoms with E-state index in [-0.39, 0.29) is 5.69 Å². The number of nitrogens with zero attached hydrogens (tertiary/aromatic N) is 2. The molecule has 0 saturated heterocycles. The van der Waals surface area contributed by atoms with E-state index in [1.807, 2.05) is 0 Å². The second-order valence-electron chi connectivity index (χ2n) is 2.78. The topological polar surface area (TPSA) is 48.2 Å². The summed E-state index contributed by atoms with van der Waals surface area (Å²) in [6.45, 7) is 0. The fraction of sp³-hybridized carbons (Fsp3) is 0.200. The van der Waals surface area contributed by atoms with Crippen LogP contribution in [0, 0.1) is 17.3 Å². The minimum atomic E-state index is -0.400. The summed E-state index contributed by atoms with van der Waals surface area (Å²) in [4.78, 5) is 4.00. The Hall–Kier alpha value is -1.06. The zero-order chi connectivity index (χ0) is 12.0. The highest BCUT2D eigenvalue weighted by Crippen LogP contribution is 2.21. The molecule has 0 saturated carbocycles. The van der Waals surface area contributed by atoms with Gasteiger partial charge in [-0.15, -0.1) is 0 Å². The summed E-state index contributed by atoms with van der Waals surface area (Å²) >= 11 is 4.49. The fourth-order valence-corrected chi connectivity index (χ4v) is 1.69. The highest BCUT2D eigenvalue weighted by Gasteiger charge is 2.03. The summed E-state index contributed by atoms with van der Waals surface area (Å²) in [5, 5.41) is 11.8. The lowest BCUT2D eigenvalue weighted by atomic mass is 10.2. The Morgan fingerprint density at radius 2 is 2.44 bits per heavy atom. The SMILES string of the molecule is CSC(=Nc1ccc(CBr)cc1F)NC#N. The van der Waals surface area contributed by atoms with E-state index in [4.69, 9.17) is 5.26 Å². The Morgan fingerprint density at radius 3 is 2.94 bits per heavy atom. The number of nitriles is 1. The number of alkyl halides is 1. The molecule has 0 aliphatic carbocycles. The molecule has 0 amide bonds. The molecule has 1 rings (SSSR count). The number of amidine groups is 1. The second kappa shape index (κ2) is 6.51. The van der Waals surface area contributed by atoms with Gasteiger partial charge in [-0.05, 0) is 24.0 Å². The van der Waals surface area contributed by atoms with Crippen LogP contribution in [0.5, 0.6) is 0 Å². The molecule has 0 aromatic heterocycles. The number of halogens is 2. The van der Waals surface area contributed by atoms with Crippen LogP contribution in [0.15, 0.2) is 23.2 Å². The Morgan fingerprint density at radius 1 is 1.69 bits per heavy atom. The largest absolute Gasteiger partial charge is 0.271 e. The lowest BCUT2D eigenvalue weighted by Gasteiger charge is -2.02. The first-order chi connectivity index (χ1) is 7.71. The Balaban J connectivity index is 3.01. The summed E-state index contributed by atoms with van der Waals surface area (Å²) in [7, 11) is 0. The van der Waals surface area contributed by atoms with Gasteiger partial charge >= 0.3 is 0 Å². The van der Waals surface area contributed by atoms with Gasteiger partial charge in [0.15, 0.2) is 11.4 Å². The predicted octanol–water partition coefficient (Wildman–Crippen LogP) is 3.14. The third kappa shape index (κ3) is 3.51. The van der Waals surface area contributed by atoms with Crippen molar-refractivity contribution in [2.45, 2.75) is 5.33 Å². The maximum Gasteiger partial charge on any atom is 0.183 e. The monoisotopic (exact) mass is 301 g/mol. The molecule has 0 atom stereocenters. The number of hydrogen-bond acceptors (Lipinski definition) is 3. The summed E-state index contributed by atoms with van der Waals surface area (Å²) in [5.74, 6) is -0.400. The Labute approximate surface area is 106 Å². The highest BCUT2D eigenvalue weighted by molar-refractivity contribution is 9.08. The van der Waals surface area contributed by atoms with Crippen molar-refractivity contribution in [3.63, 3.8) is 0 Å². The third-order valence-corrected chi connectivity index (χ3v) is 2.97. The van der Waals surface area contributed by atoms with Crippen LogP contribution in [0.1, 0.15) is 5.56 Å². The van der Waals surface area contributed by atoms with Crippen molar-refractivity contribution in [3.8, 4) is 6.19 Å². The molecule has 0 aliphatic rings. The summed E-state index contributed by atoms with van der Waals surface area (Å²) in [6.07, 6.45) is 3.51. The van der Waals surface area contributed by atoms with Crippen LogP contribution in [0.2, 0.25) is 0 Å². The van der Waals surface area contributed by atoms with E-state index in [2.05, 4.69) is 26.2 Å². The van der Waals surface area contributed by atoms with Crippen molar-refractivity contribution in [2.75, 3.05) is 6.26 Å². The molecule has 6 heteroatoms. The fourth-order valence-electron chi connectivity index (χ4n) is 1.01. The van der Waals surface area contributed by atoms with E-state index in [0.717, 1.165) is 5.56 Å². The van der Waals surface area contributed by atoms with E-state index in [0.29, 0.717) is 10.5 Å². The molecule has 1 N–H and O–H groups in total. The van der Waals surface area contributed by atoms with Gasteiger partial charge in [0.1, 0.15) is 11.5 Å². The van der Waals surface area contributed by atoms with E-state index >= 15 is 0 Å². The molecule has 0 radical (unpaired) electrons. The van der Waals surface area contributed by atoms with Crippen LogP contribution in [-0.4, -0.2) is 11.4 Å². The molecule has 0 aliphatic heterocycles. The zero-order valence-corrected chi connectivity index (χ0v) is 10.9. The minimum absolute atomic E-state index is 0.219. The molecule has 84 valence electrons. The number of hydrogen-bond donors (Lipinski definition) is 1. The van der Waals surface area contributed by atoms with E-state index in [1.54, 1.807) is 24.6 Å². The average Bonchev–Trinajstić information content (AvgIpc) is 2.30. The molecule has 0 bridgehead atoms. The first-order valence-electron chi connectivity index (χ1n) is 4.33. The van der Waals surface area contributed by atoms with Gasteiger partial charge in [-0.2, -0.15) is 5.26 Å². The van der Waals surface area contributed by atoms with Gasteiger partial charge in [0.05, 0.1) is 0 Å². The number of aliphatic imine (C=N–C) groups is 1. The van der Waals surface area contributed by atoms with Gasteiger partial charge < -0.3 is 0 Å². The van der Waals surface area contributed by atoms with E-state index in [1.165, 1.54) is 17.8 Å². The lowest BCUT2D eigenvalue weighted by molar-refractivity contribution is 0.628. The van der Waals surface area contributed by atoms with Gasteiger partial charge in [-0.3, -0.25) is 5.32 Å². The first-order valence-corrected chi connectivity index (χ1v) is 6.68. The normalized spacial score (nSPS) is 11.0. The maximum absolute atomic E-state index is 13.5. The van der Waals surface area contributed by atoms with E-state index < -0.39 is 5.82 Å². The Bertz CT molecular complexity index is 442. The number of thioether (sulfide) groups is 1. The van der Waals surface area contributed by atoms with Crippen LogP contribution >= 0.6 is 27.7 Å². The van der Waals surface area contributed by atoms with E-state index in [9.17, 15) is 4.39 Å². The van der Waals surface area contributed by atoms with Gasteiger partial charge in [0.25, 0.3) is 0 Å².